The maximum Gasteiger partial charge on any atom is 0.285 e. The Morgan fingerprint density at radius 1 is 1.04 bits per heavy atom. The van der Waals surface area contributed by atoms with E-state index in [4.69, 9.17) is 8.83 Å². The van der Waals surface area contributed by atoms with Gasteiger partial charge in [-0.25, -0.2) is 0 Å². The molecule has 0 aliphatic carbocycles. The van der Waals surface area contributed by atoms with Gasteiger partial charge < -0.3 is 8.83 Å². The van der Waals surface area contributed by atoms with Gasteiger partial charge in [0.05, 0.1) is 5.41 Å². The summed E-state index contributed by atoms with van der Waals surface area (Å²) in [5.74, 6) is -0.387. The van der Waals surface area contributed by atoms with Crippen molar-refractivity contribution in [3.05, 3.63) is 34.6 Å². The molecule has 2 N–H and O–H groups in total. The maximum absolute atomic E-state index is 11.5. The zero-order valence-corrected chi connectivity index (χ0v) is 17.0. The number of rotatable bonds is 5. The Bertz CT molecular complexity index is 1200. The number of halogens is 1. The van der Waals surface area contributed by atoms with Gasteiger partial charge in [-0.2, -0.15) is 16.8 Å². The first kappa shape index (κ1) is 19.9. The minimum atomic E-state index is -5.20. The molecule has 2 heterocycles. The molecule has 0 aliphatic rings. The van der Waals surface area contributed by atoms with Crippen molar-refractivity contribution < 1.29 is 34.8 Å². The van der Waals surface area contributed by atoms with Gasteiger partial charge in [0.1, 0.15) is 5.58 Å². The molecule has 146 valence electrons. The second-order valence-corrected chi connectivity index (χ2v) is 10.5. The highest BCUT2D eigenvalue weighted by Gasteiger charge is 2.52. The number of hydrogen-bond donors (Lipinski definition) is 2. The number of hydrogen-bond acceptors (Lipinski definition) is 8. The minimum Gasteiger partial charge on any atom is -0.451 e. The largest absolute Gasteiger partial charge is 0.451 e. The maximum atomic E-state index is 11.5. The molecule has 1 aromatic carbocycles. The van der Waals surface area contributed by atoms with Crippen molar-refractivity contribution in [3.63, 3.8) is 0 Å². The summed E-state index contributed by atoms with van der Waals surface area (Å²) in [6.07, 6.45) is 0. The molecule has 0 atom stereocenters. The van der Waals surface area contributed by atoms with Crippen molar-refractivity contribution in [2.45, 2.75) is 23.8 Å². The van der Waals surface area contributed by atoms with E-state index < -0.39 is 36.1 Å². The first-order valence-electron chi connectivity index (χ1n) is 7.26. The van der Waals surface area contributed by atoms with Crippen LogP contribution in [0, 0.1) is 0 Å². The molecular weight excluding hydrogens is 468 g/mol. The topological polar surface area (TPSA) is 161 Å². The lowest BCUT2D eigenvalue weighted by molar-refractivity contribution is 0.353. The number of benzene rings is 1. The molecule has 0 aliphatic heterocycles. The van der Waals surface area contributed by atoms with Crippen LogP contribution in [0.15, 0.2) is 37.6 Å². The monoisotopic (exact) mass is 480 g/mol. The van der Waals surface area contributed by atoms with Crippen molar-refractivity contribution >= 4 is 47.1 Å². The highest BCUT2D eigenvalue weighted by atomic mass is 79.9. The van der Waals surface area contributed by atoms with E-state index in [1.165, 1.54) is 0 Å². The molecule has 3 rings (SSSR count). The number of nitrogens with zero attached hydrogens (tertiary/aromatic N) is 2. The Labute approximate surface area is 162 Å². The standard InChI is InChI=1S/C14H13BrN2O8S2/c1-14(2,13(26(18,19)20)27(21,22)23)12-17-16-11(25-12)10-6-7-5-8(15)3-4-9(7)24-10/h3-6,13H,1-2H3,(H,18,19,20)(H,21,22,23). The fraction of sp³-hybridized carbons (Fsp3) is 0.286. The SMILES string of the molecule is CC(C)(c1nnc(-c2cc3cc(Br)ccc3o2)o1)C(S(=O)(=O)O)S(=O)(=O)O. The average Bonchev–Trinajstić information content (AvgIpc) is 3.09. The Morgan fingerprint density at radius 3 is 2.26 bits per heavy atom. The van der Waals surface area contributed by atoms with Crippen LogP contribution < -0.4 is 0 Å². The van der Waals surface area contributed by atoms with Crippen LogP contribution in [-0.2, 0) is 25.7 Å². The van der Waals surface area contributed by atoms with Gasteiger partial charge >= 0.3 is 0 Å². The molecule has 0 saturated carbocycles. The third-order valence-electron chi connectivity index (χ3n) is 3.80. The van der Waals surface area contributed by atoms with Gasteiger partial charge in [0, 0.05) is 9.86 Å². The molecule has 0 amide bonds. The predicted octanol–water partition coefficient (Wildman–Crippen LogP) is 2.62. The average molecular weight is 481 g/mol. The summed E-state index contributed by atoms with van der Waals surface area (Å²) in [5.41, 5.74) is -1.43. The Morgan fingerprint density at radius 2 is 1.67 bits per heavy atom. The van der Waals surface area contributed by atoms with Crippen molar-refractivity contribution in [2.75, 3.05) is 0 Å². The molecule has 13 heteroatoms. The first-order chi connectivity index (χ1) is 12.3. The predicted molar refractivity (Wildman–Crippen MR) is 97.1 cm³/mol. The molecule has 0 bridgehead atoms. The molecule has 0 fully saturated rings. The van der Waals surface area contributed by atoms with E-state index >= 15 is 0 Å². The summed E-state index contributed by atoms with van der Waals surface area (Å²) < 4.78 is 73.8. The van der Waals surface area contributed by atoms with Crippen LogP contribution in [0.1, 0.15) is 19.7 Å². The summed E-state index contributed by atoms with van der Waals surface area (Å²) in [6, 6.07) is 6.86. The molecule has 0 saturated heterocycles. The van der Waals surface area contributed by atoms with Gasteiger partial charge in [0.15, 0.2) is 5.76 Å². The van der Waals surface area contributed by atoms with Crippen LogP contribution in [0.5, 0.6) is 0 Å². The quantitative estimate of drug-likeness (QED) is 0.518. The second-order valence-electron chi connectivity index (χ2n) is 6.29. The molecular formula is C14H13BrN2O8S2. The van der Waals surface area contributed by atoms with E-state index in [1.54, 1.807) is 24.3 Å². The smallest absolute Gasteiger partial charge is 0.285 e. The van der Waals surface area contributed by atoms with Crippen molar-refractivity contribution in [1.29, 1.82) is 0 Å². The van der Waals surface area contributed by atoms with Gasteiger partial charge in [-0.05, 0) is 38.1 Å². The van der Waals surface area contributed by atoms with E-state index in [0.717, 1.165) is 23.7 Å². The zero-order valence-electron chi connectivity index (χ0n) is 13.8. The lowest BCUT2D eigenvalue weighted by atomic mass is 9.96. The van der Waals surface area contributed by atoms with Gasteiger partial charge in [-0.1, -0.05) is 15.9 Å². The molecule has 0 unspecified atom stereocenters. The molecule has 10 nitrogen and oxygen atoms in total. The summed E-state index contributed by atoms with van der Waals surface area (Å²) in [7, 11) is -10.4. The molecule has 2 aromatic heterocycles. The van der Waals surface area contributed by atoms with E-state index in [0.29, 0.717) is 5.58 Å². The van der Waals surface area contributed by atoms with Crippen molar-refractivity contribution in [2.24, 2.45) is 0 Å². The van der Waals surface area contributed by atoms with Gasteiger partial charge in [0.2, 0.25) is 10.5 Å². The van der Waals surface area contributed by atoms with Crippen LogP contribution in [0.4, 0.5) is 0 Å². The number of fused-ring (bicyclic) bond motifs is 1. The zero-order chi connectivity index (χ0) is 20.2. The Kier molecular flexibility index (Phi) is 4.71. The summed E-state index contributed by atoms with van der Waals surface area (Å²) in [6.45, 7) is 2.23. The Hall–Kier alpha value is -1.80. The van der Waals surface area contributed by atoms with Gasteiger partial charge in [-0.15, -0.1) is 10.2 Å². The summed E-state index contributed by atoms with van der Waals surface area (Å²) in [5, 5.41) is 8.13. The first-order valence-corrected chi connectivity index (χ1v) is 11.1. The Balaban J connectivity index is 2.07. The van der Waals surface area contributed by atoms with Crippen molar-refractivity contribution in [1.82, 2.24) is 10.2 Å². The molecule has 0 spiro atoms. The fourth-order valence-electron chi connectivity index (χ4n) is 2.70. The highest BCUT2D eigenvalue weighted by Crippen LogP contribution is 2.36. The van der Waals surface area contributed by atoms with E-state index in [1.807, 2.05) is 0 Å². The summed E-state index contributed by atoms with van der Waals surface area (Å²) >= 11 is 3.33. The van der Waals surface area contributed by atoms with Crippen LogP contribution >= 0.6 is 15.9 Å². The van der Waals surface area contributed by atoms with E-state index in [-0.39, 0.29) is 11.7 Å². The third kappa shape index (κ3) is 3.78. The lowest BCUT2D eigenvalue weighted by Gasteiger charge is -2.25. The molecule has 3 aromatic rings. The highest BCUT2D eigenvalue weighted by molar-refractivity contribution is 9.10. The molecule has 27 heavy (non-hydrogen) atoms. The number of furan rings is 1. The van der Waals surface area contributed by atoms with Crippen LogP contribution in [0.3, 0.4) is 0 Å². The minimum absolute atomic E-state index is 0.130. The van der Waals surface area contributed by atoms with E-state index in [9.17, 15) is 25.9 Å². The molecule has 0 radical (unpaired) electrons. The normalized spacial score (nSPS) is 13.6. The lowest BCUT2D eigenvalue weighted by Crippen LogP contribution is -2.45. The number of aromatic nitrogens is 2. The summed E-state index contributed by atoms with van der Waals surface area (Å²) in [4.78, 5) is 0. The van der Waals surface area contributed by atoms with Gasteiger partial charge in [0.25, 0.3) is 26.1 Å². The fourth-order valence-corrected chi connectivity index (χ4v) is 6.00. The van der Waals surface area contributed by atoms with Crippen LogP contribution in [0.2, 0.25) is 0 Å². The third-order valence-corrected chi connectivity index (χ3v) is 8.01. The van der Waals surface area contributed by atoms with Crippen molar-refractivity contribution in [3.8, 4) is 11.7 Å². The second kappa shape index (κ2) is 6.38. The van der Waals surface area contributed by atoms with Crippen LogP contribution in [0.25, 0.3) is 22.6 Å². The van der Waals surface area contributed by atoms with Gasteiger partial charge in [-0.3, -0.25) is 9.11 Å². The van der Waals surface area contributed by atoms with E-state index in [2.05, 4.69) is 26.1 Å². The van der Waals surface area contributed by atoms with Crippen LogP contribution in [-0.4, -0.2) is 40.7 Å².